The number of hydrogen-bond acceptors (Lipinski definition) is 3. The quantitative estimate of drug-likeness (QED) is 0.802. The van der Waals surface area contributed by atoms with Gasteiger partial charge < -0.3 is 15.8 Å². The van der Waals surface area contributed by atoms with Gasteiger partial charge >= 0.3 is 0 Å². The molecular formula is C18H29ClN2O2. The number of rotatable bonds is 7. The molecule has 0 spiro atoms. The van der Waals surface area contributed by atoms with Crippen LogP contribution >= 0.6 is 12.4 Å². The van der Waals surface area contributed by atoms with Crippen molar-refractivity contribution >= 4 is 18.3 Å². The monoisotopic (exact) mass is 340 g/mol. The maximum Gasteiger partial charge on any atom is 0.237 e. The van der Waals surface area contributed by atoms with Crippen LogP contribution in [0.3, 0.4) is 0 Å². The minimum Gasteiger partial charge on any atom is -0.381 e. The third-order valence-electron chi connectivity index (χ3n) is 5.34. The molecule has 2 rings (SSSR count). The number of carbonyl (C=O) groups is 1. The number of halogens is 1. The van der Waals surface area contributed by atoms with Gasteiger partial charge in [0.05, 0.1) is 12.1 Å². The second-order valence-corrected chi connectivity index (χ2v) is 6.26. The van der Waals surface area contributed by atoms with Crippen LogP contribution in [0.2, 0.25) is 0 Å². The zero-order valence-corrected chi connectivity index (χ0v) is 15.1. The number of nitrogens with one attached hydrogen (secondary N) is 1. The van der Waals surface area contributed by atoms with Gasteiger partial charge in [0.25, 0.3) is 0 Å². The normalized spacial score (nSPS) is 23.3. The lowest BCUT2D eigenvalue weighted by molar-refractivity contribution is -0.142. The van der Waals surface area contributed by atoms with E-state index < -0.39 is 6.04 Å². The molecule has 23 heavy (non-hydrogen) atoms. The smallest absolute Gasteiger partial charge is 0.237 e. The van der Waals surface area contributed by atoms with Crippen LogP contribution in [0.5, 0.6) is 0 Å². The maximum absolute atomic E-state index is 12.4. The van der Waals surface area contributed by atoms with E-state index in [-0.39, 0.29) is 35.9 Å². The van der Waals surface area contributed by atoms with Crippen molar-refractivity contribution < 1.29 is 9.53 Å². The first-order valence-electron chi connectivity index (χ1n) is 8.20. The number of amides is 1. The predicted molar refractivity (Wildman–Crippen MR) is 95.7 cm³/mol. The molecule has 3 atom stereocenters. The molecule has 0 radical (unpaired) electrons. The number of hydrogen-bond donors (Lipinski definition) is 2. The molecule has 1 aromatic carbocycles. The van der Waals surface area contributed by atoms with Crippen molar-refractivity contribution in [2.75, 3.05) is 7.11 Å². The summed E-state index contributed by atoms with van der Waals surface area (Å²) >= 11 is 0. The number of methoxy groups -OCH3 is 1. The van der Waals surface area contributed by atoms with Crippen LogP contribution in [0.1, 0.15) is 38.7 Å². The highest BCUT2D eigenvalue weighted by atomic mass is 35.5. The van der Waals surface area contributed by atoms with Crippen molar-refractivity contribution in [1.82, 2.24) is 5.32 Å². The topological polar surface area (TPSA) is 64.4 Å². The molecule has 1 aliphatic rings. The summed E-state index contributed by atoms with van der Waals surface area (Å²) in [6, 6.07) is 9.56. The Kier molecular flexibility index (Phi) is 7.52. The second kappa shape index (κ2) is 8.67. The van der Waals surface area contributed by atoms with E-state index in [9.17, 15) is 4.79 Å². The van der Waals surface area contributed by atoms with Gasteiger partial charge in [0, 0.05) is 18.6 Å². The Balaban J connectivity index is 0.00000264. The summed E-state index contributed by atoms with van der Waals surface area (Å²) in [7, 11) is 1.75. The van der Waals surface area contributed by atoms with Crippen molar-refractivity contribution in [3.63, 3.8) is 0 Å². The predicted octanol–water partition coefficient (Wildman–Crippen LogP) is 2.69. The van der Waals surface area contributed by atoms with Gasteiger partial charge in [-0.25, -0.2) is 0 Å². The third kappa shape index (κ3) is 4.06. The van der Waals surface area contributed by atoms with Crippen LogP contribution in [0.4, 0.5) is 0 Å². The summed E-state index contributed by atoms with van der Waals surface area (Å²) < 4.78 is 5.57. The summed E-state index contributed by atoms with van der Waals surface area (Å²) in [5.74, 6) is -0.0605. The fraction of sp³-hybridized carbons (Fsp3) is 0.611. The zero-order valence-electron chi connectivity index (χ0n) is 14.2. The van der Waals surface area contributed by atoms with Gasteiger partial charge in [-0.3, -0.25) is 4.79 Å². The average Bonchev–Trinajstić information content (AvgIpc) is 2.53. The highest BCUT2D eigenvalue weighted by Gasteiger charge is 2.53. The summed E-state index contributed by atoms with van der Waals surface area (Å²) in [4.78, 5) is 12.4. The zero-order chi connectivity index (χ0) is 16.2. The standard InChI is InChI=1S/C18H28N2O2.ClH/c1-4-18(5-2)15(12-16(18)22-3)20-17(21)14(19)11-13-9-7-6-8-10-13;/h6-10,14-16H,4-5,11-12,19H2,1-3H3,(H,20,21);1H/t14-,15?,16?;/m0./s1. The van der Waals surface area contributed by atoms with Crippen molar-refractivity contribution in [1.29, 1.82) is 0 Å². The lowest BCUT2D eigenvalue weighted by Gasteiger charge is -2.55. The molecule has 3 N–H and O–H groups in total. The fourth-order valence-corrected chi connectivity index (χ4v) is 3.72. The number of nitrogens with two attached hydrogens (primary N) is 1. The molecule has 5 heteroatoms. The van der Waals surface area contributed by atoms with Crippen LogP contribution < -0.4 is 11.1 Å². The number of benzene rings is 1. The first-order chi connectivity index (χ1) is 10.6. The Morgan fingerprint density at radius 3 is 2.48 bits per heavy atom. The van der Waals surface area contributed by atoms with Crippen LogP contribution in [0.15, 0.2) is 30.3 Å². The van der Waals surface area contributed by atoms with E-state index >= 15 is 0 Å². The molecule has 130 valence electrons. The lowest BCUT2D eigenvalue weighted by atomic mass is 9.58. The summed E-state index contributed by atoms with van der Waals surface area (Å²) in [5.41, 5.74) is 7.21. The van der Waals surface area contributed by atoms with Gasteiger partial charge in [0.15, 0.2) is 0 Å². The van der Waals surface area contributed by atoms with Crippen LogP contribution in [0, 0.1) is 5.41 Å². The minimum atomic E-state index is -0.504. The number of carbonyl (C=O) groups excluding carboxylic acids is 1. The molecule has 1 saturated carbocycles. The molecule has 0 heterocycles. The lowest BCUT2D eigenvalue weighted by Crippen LogP contribution is -2.65. The van der Waals surface area contributed by atoms with E-state index in [0.29, 0.717) is 6.42 Å². The molecule has 1 fully saturated rings. The molecule has 0 bridgehead atoms. The molecule has 0 saturated heterocycles. The highest BCUT2D eigenvalue weighted by molar-refractivity contribution is 5.85. The van der Waals surface area contributed by atoms with Crippen molar-refractivity contribution in [3.05, 3.63) is 35.9 Å². The van der Waals surface area contributed by atoms with Crippen molar-refractivity contribution in [3.8, 4) is 0 Å². The van der Waals surface area contributed by atoms with Gasteiger partial charge in [-0.2, -0.15) is 0 Å². The third-order valence-corrected chi connectivity index (χ3v) is 5.34. The van der Waals surface area contributed by atoms with E-state index in [0.717, 1.165) is 24.8 Å². The van der Waals surface area contributed by atoms with E-state index in [1.54, 1.807) is 7.11 Å². The maximum atomic E-state index is 12.4. The molecule has 1 aromatic rings. The van der Waals surface area contributed by atoms with E-state index in [1.807, 2.05) is 30.3 Å². The summed E-state index contributed by atoms with van der Waals surface area (Å²) in [5, 5.41) is 3.15. The Bertz CT molecular complexity index is 491. The Hall–Kier alpha value is -1.10. The van der Waals surface area contributed by atoms with Gasteiger partial charge in [-0.05, 0) is 31.2 Å². The summed E-state index contributed by atoms with van der Waals surface area (Å²) in [6.07, 6.45) is 3.68. The van der Waals surface area contributed by atoms with E-state index in [4.69, 9.17) is 10.5 Å². The van der Waals surface area contributed by atoms with Gasteiger partial charge in [-0.15, -0.1) is 12.4 Å². The van der Waals surface area contributed by atoms with Gasteiger partial charge in [0.2, 0.25) is 5.91 Å². The SMILES string of the molecule is CCC1(CC)C(NC(=O)[C@@H](N)Cc2ccccc2)CC1OC.Cl. The molecule has 2 unspecified atom stereocenters. The molecule has 1 amide bonds. The largest absolute Gasteiger partial charge is 0.381 e. The number of ether oxygens (including phenoxy) is 1. The van der Waals surface area contributed by atoms with Gasteiger partial charge in [0.1, 0.15) is 0 Å². The Morgan fingerprint density at radius 1 is 1.35 bits per heavy atom. The molecule has 4 nitrogen and oxygen atoms in total. The van der Waals surface area contributed by atoms with Crippen molar-refractivity contribution in [2.45, 2.75) is 57.7 Å². The molecule has 0 aromatic heterocycles. The molecular weight excluding hydrogens is 312 g/mol. The highest BCUT2D eigenvalue weighted by Crippen LogP contribution is 2.48. The van der Waals surface area contributed by atoms with Gasteiger partial charge in [-0.1, -0.05) is 44.2 Å². The second-order valence-electron chi connectivity index (χ2n) is 6.26. The van der Waals surface area contributed by atoms with E-state index in [1.165, 1.54) is 0 Å². The minimum absolute atomic E-state index is 0. The Labute approximate surface area is 145 Å². The van der Waals surface area contributed by atoms with E-state index in [2.05, 4.69) is 19.2 Å². The molecule has 1 aliphatic carbocycles. The van der Waals surface area contributed by atoms with Crippen molar-refractivity contribution in [2.24, 2.45) is 11.1 Å². The fourth-order valence-electron chi connectivity index (χ4n) is 3.72. The van der Waals surface area contributed by atoms with Crippen LogP contribution in [-0.4, -0.2) is 31.2 Å². The average molecular weight is 341 g/mol. The van der Waals surface area contributed by atoms with Crippen LogP contribution in [0.25, 0.3) is 0 Å². The molecule has 0 aliphatic heterocycles. The first kappa shape index (κ1) is 19.9. The van der Waals surface area contributed by atoms with Crippen LogP contribution in [-0.2, 0) is 16.0 Å². The first-order valence-corrected chi connectivity index (χ1v) is 8.20. The summed E-state index contributed by atoms with van der Waals surface area (Å²) in [6.45, 7) is 4.33. The Morgan fingerprint density at radius 2 is 1.96 bits per heavy atom.